The highest BCUT2D eigenvalue weighted by Crippen LogP contribution is 2.16. The lowest BCUT2D eigenvalue weighted by molar-refractivity contribution is 0.0135. The SMILES string of the molecule is CC(C)CCOCCN1CCC(C)C(O)C1. The first-order valence-corrected chi connectivity index (χ1v) is 6.57. The minimum absolute atomic E-state index is 0.149. The number of hydrogen-bond acceptors (Lipinski definition) is 3. The second-order valence-electron chi connectivity index (χ2n) is 5.43. The number of aliphatic hydroxyl groups is 1. The molecule has 0 aromatic rings. The first kappa shape index (κ1) is 13.9. The predicted molar refractivity (Wildman–Crippen MR) is 66.5 cm³/mol. The van der Waals surface area contributed by atoms with Gasteiger partial charge in [0, 0.05) is 19.7 Å². The van der Waals surface area contributed by atoms with E-state index in [4.69, 9.17) is 4.74 Å². The summed E-state index contributed by atoms with van der Waals surface area (Å²) in [6.45, 7) is 11.1. The quantitative estimate of drug-likeness (QED) is 0.704. The van der Waals surface area contributed by atoms with E-state index in [1.54, 1.807) is 0 Å². The van der Waals surface area contributed by atoms with Crippen molar-refractivity contribution in [2.45, 2.75) is 39.7 Å². The van der Waals surface area contributed by atoms with Crippen LogP contribution in [0, 0.1) is 11.8 Å². The van der Waals surface area contributed by atoms with E-state index in [2.05, 4.69) is 25.7 Å². The van der Waals surface area contributed by atoms with Gasteiger partial charge < -0.3 is 9.84 Å². The van der Waals surface area contributed by atoms with Crippen molar-refractivity contribution >= 4 is 0 Å². The molecule has 16 heavy (non-hydrogen) atoms. The van der Waals surface area contributed by atoms with Crippen LogP contribution in [0.5, 0.6) is 0 Å². The van der Waals surface area contributed by atoms with Gasteiger partial charge in [-0.2, -0.15) is 0 Å². The van der Waals surface area contributed by atoms with Crippen LogP contribution in [0.15, 0.2) is 0 Å². The Labute approximate surface area is 99.8 Å². The van der Waals surface area contributed by atoms with E-state index in [1.165, 1.54) is 0 Å². The van der Waals surface area contributed by atoms with E-state index < -0.39 is 0 Å². The Balaban J connectivity index is 2.01. The molecular weight excluding hydrogens is 202 g/mol. The Morgan fingerprint density at radius 1 is 1.38 bits per heavy atom. The van der Waals surface area contributed by atoms with Crippen LogP contribution in [0.2, 0.25) is 0 Å². The summed E-state index contributed by atoms with van der Waals surface area (Å²) in [4.78, 5) is 2.31. The smallest absolute Gasteiger partial charge is 0.0693 e. The van der Waals surface area contributed by atoms with Crippen molar-refractivity contribution in [3.05, 3.63) is 0 Å². The highest BCUT2D eigenvalue weighted by Gasteiger charge is 2.23. The molecule has 0 bridgehead atoms. The second kappa shape index (κ2) is 7.25. The van der Waals surface area contributed by atoms with Gasteiger partial charge in [0.2, 0.25) is 0 Å². The Bertz CT molecular complexity index is 185. The van der Waals surface area contributed by atoms with E-state index >= 15 is 0 Å². The molecule has 0 amide bonds. The Hall–Kier alpha value is -0.120. The number of aliphatic hydroxyl groups excluding tert-OH is 1. The summed E-state index contributed by atoms with van der Waals surface area (Å²) < 4.78 is 5.59. The minimum Gasteiger partial charge on any atom is -0.392 e. The van der Waals surface area contributed by atoms with Gasteiger partial charge in [0.15, 0.2) is 0 Å². The molecule has 0 aliphatic carbocycles. The van der Waals surface area contributed by atoms with Gasteiger partial charge in [-0.1, -0.05) is 20.8 Å². The van der Waals surface area contributed by atoms with Gasteiger partial charge in [-0.05, 0) is 31.2 Å². The number of rotatable bonds is 6. The largest absolute Gasteiger partial charge is 0.392 e. The lowest BCUT2D eigenvalue weighted by Gasteiger charge is -2.34. The molecule has 96 valence electrons. The fourth-order valence-corrected chi connectivity index (χ4v) is 1.93. The summed E-state index contributed by atoms with van der Waals surface area (Å²) in [5.41, 5.74) is 0. The zero-order valence-corrected chi connectivity index (χ0v) is 11.0. The number of likely N-dealkylation sites (tertiary alicyclic amines) is 1. The predicted octanol–water partition coefficient (Wildman–Crippen LogP) is 1.75. The maximum absolute atomic E-state index is 9.74. The zero-order valence-electron chi connectivity index (χ0n) is 11.0. The molecule has 0 spiro atoms. The standard InChI is InChI=1S/C13H27NO2/c1-11(2)5-8-16-9-7-14-6-4-12(3)13(15)10-14/h11-13,15H,4-10H2,1-3H3. The maximum atomic E-state index is 9.74. The Morgan fingerprint density at radius 3 is 2.75 bits per heavy atom. The van der Waals surface area contributed by atoms with Crippen LogP contribution in [0.1, 0.15) is 33.6 Å². The Kier molecular flexibility index (Phi) is 6.32. The summed E-state index contributed by atoms with van der Waals surface area (Å²) in [6.07, 6.45) is 2.09. The summed E-state index contributed by atoms with van der Waals surface area (Å²) in [6, 6.07) is 0. The lowest BCUT2D eigenvalue weighted by Crippen LogP contribution is -2.44. The molecular formula is C13H27NO2. The molecule has 0 saturated carbocycles. The van der Waals surface area contributed by atoms with Crippen molar-refractivity contribution in [3.63, 3.8) is 0 Å². The van der Waals surface area contributed by atoms with Gasteiger partial charge >= 0.3 is 0 Å². The number of β-amino-alcohol motifs (C(OH)–C–C–N with tert-alkyl or cyclic N) is 1. The zero-order chi connectivity index (χ0) is 12.0. The van der Waals surface area contributed by atoms with E-state index in [-0.39, 0.29) is 6.10 Å². The summed E-state index contributed by atoms with van der Waals surface area (Å²) in [7, 11) is 0. The van der Waals surface area contributed by atoms with Crippen molar-refractivity contribution in [1.29, 1.82) is 0 Å². The Morgan fingerprint density at radius 2 is 2.12 bits per heavy atom. The molecule has 1 saturated heterocycles. The van der Waals surface area contributed by atoms with Crippen LogP contribution in [0.25, 0.3) is 0 Å². The summed E-state index contributed by atoms with van der Waals surface area (Å²) in [5.74, 6) is 1.18. The molecule has 3 nitrogen and oxygen atoms in total. The number of hydrogen-bond donors (Lipinski definition) is 1. The first-order valence-electron chi connectivity index (χ1n) is 6.57. The monoisotopic (exact) mass is 229 g/mol. The van der Waals surface area contributed by atoms with Gasteiger partial charge in [-0.25, -0.2) is 0 Å². The number of ether oxygens (including phenoxy) is 1. The van der Waals surface area contributed by atoms with Gasteiger partial charge in [-0.3, -0.25) is 4.90 Å². The average molecular weight is 229 g/mol. The van der Waals surface area contributed by atoms with Crippen LogP contribution < -0.4 is 0 Å². The van der Waals surface area contributed by atoms with E-state index in [1.807, 2.05) is 0 Å². The first-order chi connectivity index (χ1) is 7.59. The van der Waals surface area contributed by atoms with Crippen LogP contribution >= 0.6 is 0 Å². The fourth-order valence-electron chi connectivity index (χ4n) is 1.93. The molecule has 1 aliphatic heterocycles. The summed E-state index contributed by atoms with van der Waals surface area (Å²) >= 11 is 0. The van der Waals surface area contributed by atoms with Gasteiger partial charge in [0.05, 0.1) is 12.7 Å². The molecule has 0 aromatic heterocycles. The maximum Gasteiger partial charge on any atom is 0.0693 e. The molecule has 1 aliphatic rings. The summed E-state index contributed by atoms with van der Waals surface area (Å²) in [5, 5.41) is 9.74. The lowest BCUT2D eigenvalue weighted by atomic mass is 9.96. The molecule has 1 fully saturated rings. The van der Waals surface area contributed by atoms with Crippen molar-refractivity contribution in [2.75, 3.05) is 32.8 Å². The van der Waals surface area contributed by atoms with Crippen molar-refractivity contribution < 1.29 is 9.84 Å². The van der Waals surface area contributed by atoms with Crippen molar-refractivity contribution in [3.8, 4) is 0 Å². The van der Waals surface area contributed by atoms with E-state index in [9.17, 15) is 5.11 Å². The third-order valence-electron chi connectivity index (χ3n) is 3.39. The highest BCUT2D eigenvalue weighted by molar-refractivity contribution is 4.76. The molecule has 1 N–H and O–H groups in total. The minimum atomic E-state index is -0.149. The van der Waals surface area contributed by atoms with Crippen LogP contribution in [0.4, 0.5) is 0 Å². The third-order valence-corrected chi connectivity index (χ3v) is 3.39. The van der Waals surface area contributed by atoms with Gasteiger partial charge in [0.25, 0.3) is 0 Å². The number of piperidine rings is 1. The van der Waals surface area contributed by atoms with Crippen molar-refractivity contribution in [2.24, 2.45) is 11.8 Å². The number of nitrogens with zero attached hydrogens (tertiary/aromatic N) is 1. The normalized spacial score (nSPS) is 27.6. The molecule has 2 atom stereocenters. The molecule has 1 heterocycles. The van der Waals surface area contributed by atoms with E-state index in [0.29, 0.717) is 5.92 Å². The van der Waals surface area contributed by atoms with E-state index in [0.717, 1.165) is 51.6 Å². The molecule has 3 heteroatoms. The van der Waals surface area contributed by atoms with Crippen LogP contribution in [0.3, 0.4) is 0 Å². The van der Waals surface area contributed by atoms with Gasteiger partial charge in [-0.15, -0.1) is 0 Å². The molecule has 1 rings (SSSR count). The van der Waals surface area contributed by atoms with Crippen LogP contribution in [-0.4, -0.2) is 49.0 Å². The highest BCUT2D eigenvalue weighted by atomic mass is 16.5. The van der Waals surface area contributed by atoms with Crippen molar-refractivity contribution in [1.82, 2.24) is 4.90 Å². The molecule has 2 unspecified atom stereocenters. The average Bonchev–Trinajstić information content (AvgIpc) is 2.22. The van der Waals surface area contributed by atoms with Gasteiger partial charge in [0.1, 0.15) is 0 Å². The molecule has 0 radical (unpaired) electrons. The fraction of sp³-hybridized carbons (Fsp3) is 1.00. The van der Waals surface area contributed by atoms with Crippen LogP contribution in [-0.2, 0) is 4.74 Å². The molecule has 0 aromatic carbocycles. The second-order valence-corrected chi connectivity index (χ2v) is 5.43. The third kappa shape index (κ3) is 5.28. The topological polar surface area (TPSA) is 32.7 Å².